The van der Waals surface area contributed by atoms with Gasteiger partial charge in [0.25, 0.3) is 0 Å². The molecule has 1 aliphatic rings. The third-order valence-corrected chi connectivity index (χ3v) is 4.35. The van der Waals surface area contributed by atoms with Crippen LogP contribution in [0.5, 0.6) is 0 Å². The van der Waals surface area contributed by atoms with Gasteiger partial charge in [-0.15, -0.1) is 0 Å². The van der Waals surface area contributed by atoms with Crippen molar-refractivity contribution in [1.29, 1.82) is 5.26 Å². The summed E-state index contributed by atoms with van der Waals surface area (Å²) >= 11 is 0. The Balaban J connectivity index is 1.71. The summed E-state index contributed by atoms with van der Waals surface area (Å²) in [6.45, 7) is 3.95. The lowest BCUT2D eigenvalue weighted by atomic mass is 10.0. The molecule has 0 radical (unpaired) electrons. The zero-order valence-electron chi connectivity index (χ0n) is 13.6. The van der Waals surface area contributed by atoms with Crippen LogP contribution in [0.15, 0.2) is 24.5 Å². The van der Waals surface area contributed by atoms with Crippen molar-refractivity contribution < 1.29 is 4.79 Å². The molecular formula is C17H20N6O. The lowest BCUT2D eigenvalue weighted by Crippen LogP contribution is -2.23. The van der Waals surface area contributed by atoms with E-state index in [1.54, 1.807) is 24.5 Å². The van der Waals surface area contributed by atoms with Crippen LogP contribution in [0, 0.1) is 11.3 Å². The van der Waals surface area contributed by atoms with E-state index in [2.05, 4.69) is 31.5 Å². The van der Waals surface area contributed by atoms with Gasteiger partial charge >= 0.3 is 0 Å². The number of aromatic nitrogens is 3. The third kappa shape index (κ3) is 3.23. The highest BCUT2D eigenvalue weighted by molar-refractivity contribution is 5.75. The topological polar surface area (TPSA) is 97.7 Å². The van der Waals surface area contributed by atoms with Gasteiger partial charge in [0.05, 0.1) is 11.8 Å². The van der Waals surface area contributed by atoms with Gasteiger partial charge in [0, 0.05) is 49.4 Å². The summed E-state index contributed by atoms with van der Waals surface area (Å²) in [4.78, 5) is 18.0. The second-order valence-corrected chi connectivity index (χ2v) is 5.86. The number of amides is 1. The van der Waals surface area contributed by atoms with E-state index in [-0.39, 0.29) is 11.8 Å². The number of aromatic amines is 1. The molecule has 2 aromatic rings. The lowest BCUT2D eigenvalue weighted by molar-refractivity contribution is -0.120. The van der Waals surface area contributed by atoms with E-state index in [1.807, 2.05) is 6.92 Å². The maximum atomic E-state index is 11.5. The summed E-state index contributed by atoms with van der Waals surface area (Å²) in [5, 5.41) is 19.4. The van der Waals surface area contributed by atoms with Gasteiger partial charge in [0.15, 0.2) is 0 Å². The number of anilines is 1. The van der Waals surface area contributed by atoms with Crippen LogP contribution in [0.1, 0.15) is 42.5 Å². The molecule has 0 bridgehead atoms. The second-order valence-electron chi connectivity index (χ2n) is 5.86. The molecule has 3 rings (SSSR count). The minimum atomic E-state index is 0.0300. The van der Waals surface area contributed by atoms with Gasteiger partial charge in [-0.3, -0.25) is 9.89 Å². The standard InChI is InChI=1S/C17H20N6O/c1-2-15(24)20-9-14-10-21-22-16(14)13-5-7-23(11-13)17-12(8-18)4-3-6-19-17/h3-4,6,10,13H,2,5,7,9,11H2,1H3,(H,20,24)(H,21,22). The second kappa shape index (κ2) is 7.13. The van der Waals surface area contributed by atoms with Crippen molar-refractivity contribution >= 4 is 11.7 Å². The highest BCUT2D eigenvalue weighted by Crippen LogP contribution is 2.31. The molecule has 3 heterocycles. The Morgan fingerprint density at radius 2 is 2.46 bits per heavy atom. The quantitative estimate of drug-likeness (QED) is 0.872. The number of rotatable bonds is 5. The van der Waals surface area contributed by atoms with Crippen molar-refractivity contribution in [1.82, 2.24) is 20.5 Å². The van der Waals surface area contributed by atoms with Crippen LogP contribution >= 0.6 is 0 Å². The van der Waals surface area contributed by atoms with Crippen molar-refractivity contribution in [2.75, 3.05) is 18.0 Å². The van der Waals surface area contributed by atoms with Gasteiger partial charge in [0.1, 0.15) is 11.9 Å². The van der Waals surface area contributed by atoms with Crippen molar-refractivity contribution in [3.8, 4) is 6.07 Å². The Labute approximate surface area is 140 Å². The molecule has 0 saturated carbocycles. The number of hydrogen-bond acceptors (Lipinski definition) is 5. The van der Waals surface area contributed by atoms with Crippen LogP contribution in [0.3, 0.4) is 0 Å². The molecule has 1 unspecified atom stereocenters. The largest absolute Gasteiger partial charge is 0.355 e. The number of nitrogens with one attached hydrogen (secondary N) is 2. The minimum absolute atomic E-state index is 0.0300. The summed E-state index contributed by atoms with van der Waals surface area (Å²) in [6.07, 6.45) is 4.92. The maximum Gasteiger partial charge on any atom is 0.219 e. The zero-order chi connectivity index (χ0) is 16.9. The molecule has 0 aromatic carbocycles. The van der Waals surface area contributed by atoms with E-state index in [0.29, 0.717) is 18.5 Å². The Morgan fingerprint density at radius 1 is 1.58 bits per heavy atom. The first-order valence-electron chi connectivity index (χ1n) is 8.11. The van der Waals surface area contributed by atoms with E-state index in [0.717, 1.165) is 36.6 Å². The van der Waals surface area contributed by atoms with Gasteiger partial charge in [-0.25, -0.2) is 4.98 Å². The number of nitriles is 1. The van der Waals surface area contributed by atoms with Crippen molar-refractivity contribution in [3.63, 3.8) is 0 Å². The SMILES string of the molecule is CCC(=O)NCc1cn[nH]c1C1CCN(c2ncccc2C#N)C1. The van der Waals surface area contributed by atoms with Crippen LogP contribution in [-0.2, 0) is 11.3 Å². The first-order valence-corrected chi connectivity index (χ1v) is 8.11. The van der Waals surface area contributed by atoms with E-state index in [1.165, 1.54) is 0 Å². The average molecular weight is 324 g/mol. The first kappa shape index (κ1) is 16.0. The fourth-order valence-electron chi connectivity index (χ4n) is 3.06. The molecule has 7 heteroatoms. The highest BCUT2D eigenvalue weighted by atomic mass is 16.1. The molecule has 0 aliphatic carbocycles. The summed E-state index contributed by atoms with van der Waals surface area (Å²) in [5.74, 6) is 1.06. The van der Waals surface area contributed by atoms with Gasteiger partial charge < -0.3 is 10.2 Å². The van der Waals surface area contributed by atoms with Gasteiger partial charge in [-0.2, -0.15) is 10.4 Å². The number of carbonyl (C=O) groups is 1. The fourth-order valence-corrected chi connectivity index (χ4v) is 3.06. The van der Waals surface area contributed by atoms with Crippen molar-refractivity contribution in [3.05, 3.63) is 41.3 Å². The Bertz CT molecular complexity index is 762. The molecule has 1 atom stereocenters. The van der Waals surface area contributed by atoms with E-state index in [9.17, 15) is 10.1 Å². The molecule has 7 nitrogen and oxygen atoms in total. The summed E-state index contributed by atoms with van der Waals surface area (Å²) in [6, 6.07) is 5.77. The molecule has 24 heavy (non-hydrogen) atoms. The predicted molar refractivity (Wildman–Crippen MR) is 89.2 cm³/mol. The molecular weight excluding hydrogens is 304 g/mol. The number of pyridine rings is 1. The van der Waals surface area contributed by atoms with Crippen LogP contribution < -0.4 is 10.2 Å². The molecule has 1 fully saturated rings. The summed E-state index contributed by atoms with van der Waals surface area (Å²) < 4.78 is 0. The van der Waals surface area contributed by atoms with E-state index >= 15 is 0 Å². The van der Waals surface area contributed by atoms with Gasteiger partial charge in [-0.1, -0.05) is 6.92 Å². The molecule has 124 valence electrons. The van der Waals surface area contributed by atoms with Crippen LogP contribution in [0.4, 0.5) is 5.82 Å². The molecule has 1 amide bonds. The third-order valence-electron chi connectivity index (χ3n) is 4.35. The molecule has 2 N–H and O–H groups in total. The van der Waals surface area contributed by atoms with Crippen molar-refractivity contribution in [2.24, 2.45) is 0 Å². The van der Waals surface area contributed by atoms with Gasteiger partial charge in [-0.05, 0) is 18.6 Å². The average Bonchev–Trinajstić information content (AvgIpc) is 3.28. The Morgan fingerprint density at radius 3 is 3.25 bits per heavy atom. The minimum Gasteiger partial charge on any atom is -0.355 e. The fraction of sp³-hybridized carbons (Fsp3) is 0.412. The number of H-pyrrole nitrogens is 1. The monoisotopic (exact) mass is 324 g/mol. The smallest absolute Gasteiger partial charge is 0.219 e. The zero-order valence-corrected chi connectivity index (χ0v) is 13.6. The van der Waals surface area contributed by atoms with Crippen LogP contribution in [-0.4, -0.2) is 34.2 Å². The molecule has 1 aliphatic heterocycles. The number of hydrogen-bond donors (Lipinski definition) is 2. The first-order chi connectivity index (χ1) is 11.7. The van der Waals surface area contributed by atoms with Crippen molar-refractivity contribution in [2.45, 2.75) is 32.2 Å². The normalized spacial score (nSPS) is 16.8. The lowest BCUT2D eigenvalue weighted by Gasteiger charge is -2.18. The predicted octanol–water partition coefficient (Wildman–Crippen LogP) is 1.70. The number of carbonyl (C=O) groups excluding carboxylic acids is 1. The van der Waals surface area contributed by atoms with Gasteiger partial charge in [0.2, 0.25) is 5.91 Å². The number of nitrogens with zero attached hydrogens (tertiary/aromatic N) is 4. The summed E-state index contributed by atoms with van der Waals surface area (Å²) in [5.41, 5.74) is 2.67. The van der Waals surface area contributed by atoms with E-state index in [4.69, 9.17) is 0 Å². The Kier molecular flexibility index (Phi) is 4.75. The van der Waals surface area contributed by atoms with Crippen LogP contribution in [0.25, 0.3) is 0 Å². The maximum absolute atomic E-state index is 11.5. The van der Waals surface area contributed by atoms with E-state index < -0.39 is 0 Å². The summed E-state index contributed by atoms with van der Waals surface area (Å²) in [7, 11) is 0. The molecule has 0 spiro atoms. The highest BCUT2D eigenvalue weighted by Gasteiger charge is 2.28. The Hall–Kier alpha value is -2.88. The molecule has 1 saturated heterocycles. The molecule has 2 aromatic heterocycles. The van der Waals surface area contributed by atoms with Crippen LogP contribution in [0.2, 0.25) is 0 Å².